The molecule has 3 N–H and O–H groups in total. The van der Waals surface area contributed by atoms with Gasteiger partial charge in [-0.1, -0.05) is 13.0 Å². The van der Waals surface area contributed by atoms with Crippen molar-refractivity contribution in [3.8, 4) is 0 Å². The minimum absolute atomic E-state index is 0.106. The number of nitrogens with two attached hydrogens (primary N) is 1. The summed E-state index contributed by atoms with van der Waals surface area (Å²) in [6, 6.07) is 6.04. The van der Waals surface area contributed by atoms with Gasteiger partial charge in [0.1, 0.15) is 0 Å². The zero-order valence-electron chi connectivity index (χ0n) is 15.9. The maximum Gasteiger partial charge on any atom is 0.306 e. The van der Waals surface area contributed by atoms with Crippen LogP contribution in [-0.4, -0.2) is 36.9 Å². The lowest BCUT2D eigenvalue weighted by Crippen LogP contribution is -2.40. The summed E-state index contributed by atoms with van der Waals surface area (Å²) in [5.41, 5.74) is 8.30. The number of nitrogen functional groups attached to an aromatic ring is 1. The van der Waals surface area contributed by atoms with Crippen LogP contribution in [0.4, 0.5) is 11.4 Å². The Morgan fingerprint density at radius 2 is 2.12 bits per heavy atom. The molecule has 1 aromatic rings. The molecule has 0 saturated heterocycles. The molecule has 140 valence electrons. The quantitative estimate of drug-likeness (QED) is 0.529. The Hall–Kier alpha value is -1.75. The van der Waals surface area contributed by atoms with Crippen LogP contribution in [0.25, 0.3) is 0 Å². The number of carbonyl (C=O) groups excluding carboxylic acids is 1. The maximum absolute atomic E-state index is 11.6. The van der Waals surface area contributed by atoms with Crippen LogP contribution in [-0.2, 0) is 9.53 Å². The molecule has 0 amide bonds. The normalized spacial score (nSPS) is 15.7. The standard InChI is InChI=1S/C20H32N2O3/c1-5-15(11-19(23)25-4)16-8-9-18(17(21)10-16)22(12-14-6-7-14)13-20(2,3)24/h8-10,14-15,24H,5-7,11-13,21H2,1-4H3/t15-/m0/s1. The van der Waals surface area contributed by atoms with Crippen LogP contribution in [0.1, 0.15) is 57.9 Å². The number of benzene rings is 1. The highest BCUT2D eigenvalue weighted by atomic mass is 16.5. The van der Waals surface area contributed by atoms with Crippen LogP contribution in [0, 0.1) is 5.92 Å². The van der Waals surface area contributed by atoms with Crippen molar-refractivity contribution < 1.29 is 14.6 Å². The third kappa shape index (κ3) is 5.92. The molecule has 1 aliphatic rings. The van der Waals surface area contributed by atoms with Crippen LogP contribution in [0.15, 0.2) is 18.2 Å². The fourth-order valence-electron chi connectivity index (χ4n) is 3.22. The lowest BCUT2D eigenvalue weighted by Gasteiger charge is -2.32. The van der Waals surface area contributed by atoms with E-state index in [2.05, 4.69) is 11.8 Å². The van der Waals surface area contributed by atoms with Gasteiger partial charge in [-0.25, -0.2) is 0 Å². The van der Waals surface area contributed by atoms with Gasteiger partial charge in [-0.05, 0) is 62.6 Å². The molecule has 1 aliphatic carbocycles. The van der Waals surface area contributed by atoms with Crippen LogP contribution in [0.2, 0.25) is 0 Å². The molecule has 0 heterocycles. The van der Waals surface area contributed by atoms with Crippen molar-refractivity contribution >= 4 is 17.3 Å². The molecular weight excluding hydrogens is 316 g/mol. The highest BCUT2D eigenvalue weighted by Crippen LogP contribution is 2.35. The lowest BCUT2D eigenvalue weighted by atomic mass is 9.92. The van der Waals surface area contributed by atoms with E-state index < -0.39 is 5.60 Å². The van der Waals surface area contributed by atoms with Crippen molar-refractivity contribution in [3.05, 3.63) is 23.8 Å². The van der Waals surface area contributed by atoms with Crippen molar-refractivity contribution in [1.82, 2.24) is 0 Å². The number of esters is 1. The molecule has 1 atom stereocenters. The van der Waals surface area contributed by atoms with Gasteiger partial charge in [0.15, 0.2) is 0 Å². The number of carbonyl (C=O) groups is 1. The number of nitrogens with zero attached hydrogens (tertiary/aromatic N) is 1. The molecule has 25 heavy (non-hydrogen) atoms. The van der Waals surface area contributed by atoms with Gasteiger partial charge in [-0.3, -0.25) is 4.79 Å². The van der Waals surface area contributed by atoms with Gasteiger partial charge in [0, 0.05) is 13.1 Å². The van der Waals surface area contributed by atoms with E-state index >= 15 is 0 Å². The van der Waals surface area contributed by atoms with Gasteiger partial charge in [-0.15, -0.1) is 0 Å². The van der Waals surface area contributed by atoms with Crippen molar-refractivity contribution in [2.75, 3.05) is 30.8 Å². The summed E-state index contributed by atoms with van der Waals surface area (Å²) in [5.74, 6) is 0.603. The van der Waals surface area contributed by atoms with Crippen molar-refractivity contribution in [2.45, 2.75) is 58.0 Å². The van der Waals surface area contributed by atoms with Crippen LogP contribution >= 0.6 is 0 Å². The first-order chi connectivity index (χ1) is 11.7. The number of hydrogen-bond donors (Lipinski definition) is 2. The van der Waals surface area contributed by atoms with E-state index in [1.165, 1.54) is 20.0 Å². The van der Waals surface area contributed by atoms with Gasteiger partial charge >= 0.3 is 5.97 Å². The molecule has 1 saturated carbocycles. The molecular formula is C20H32N2O3. The Morgan fingerprint density at radius 3 is 2.60 bits per heavy atom. The molecule has 0 radical (unpaired) electrons. The number of anilines is 2. The molecule has 2 rings (SSSR count). The van der Waals surface area contributed by atoms with E-state index in [0.29, 0.717) is 24.6 Å². The van der Waals surface area contributed by atoms with E-state index in [9.17, 15) is 9.90 Å². The van der Waals surface area contributed by atoms with Crippen molar-refractivity contribution in [3.63, 3.8) is 0 Å². The summed E-state index contributed by atoms with van der Waals surface area (Å²) in [6.07, 6.45) is 3.71. The lowest BCUT2D eigenvalue weighted by molar-refractivity contribution is -0.141. The molecule has 0 spiro atoms. The smallest absolute Gasteiger partial charge is 0.306 e. The van der Waals surface area contributed by atoms with Crippen LogP contribution in [0.3, 0.4) is 0 Å². The van der Waals surface area contributed by atoms with E-state index in [1.807, 2.05) is 32.0 Å². The van der Waals surface area contributed by atoms with E-state index in [1.54, 1.807) is 0 Å². The molecule has 0 unspecified atom stereocenters. The minimum atomic E-state index is -0.781. The van der Waals surface area contributed by atoms with Crippen molar-refractivity contribution in [2.24, 2.45) is 5.92 Å². The Balaban J connectivity index is 2.21. The third-order valence-corrected chi connectivity index (χ3v) is 4.75. The largest absolute Gasteiger partial charge is 0.469 e. The molecule has 5 heteroatoms. The van der Waals surface area contributed by atoms with Gasteiger partial charge in [-0.2, -0.15) is 0 Å². The zero-order valence-corrected chi connectivity index (χ0v) is 15.9. The third-order valence-electron chi connectivity index (χ3n) is 4.75. The van der Waals surface area contributed by atoms with Crippen LogP contribution in [0.5, 0.6) is 0 Å². The highest BCUT2D eigenvalue weighted by molar-refractivity contribution is 5.72. The van der Waals surface area contributed by atoms with E-state index in [-0.39, 0.29) is 11.9 Å². The zero-order chi connectivity index (χ0) is 18.6. The Labute approximate surface area is 151 Å². The number of methoxy groups -OCH3 is 1. The first kappa shape index (κ1) is 19.6. The maximum atomic E-state index is 11.6. The van der Waals surface area contributed by atoms with Gasteiger partial charge in [0.2, 0.25) is 0 Å². The Kier molecular flexibility index (Phi) is 6.33. The second-order valence-electron chi connectivity index (χ2n) is 7.84. The summed E-state index contributed by atoms with van der Waals surface area (Å²) in [7, 11) is 1.42. The summed E-state index contributed by atoms with van der Waals surface area (Å²) in [4.78, 5) is 13.8. The molecule has 0 aromatic heterocycles. The second kappa shape index (κ2) is 8.09. The number of rotatable bonds is 9. The molecule has 0 bridgehead atoms. The van der Waals surface area contributed by atoms with Crippen molar-refractivity contribution in [1.29, 1.82) is 0 Å². The number of ether oxygens (including phenoxy) is 1. The average molecular weight is 348 g/mol. The first-order valence-electron chi connectivity index (χ1n) is 9.17. The molecule has 1 aromatic carbocycles. The minimum Gasteiger partial charge on any atom is -0.469 e. The Morgan fingerprint density at radius 1 is 1.44 bits per heavy atom. The summed E-state index contributed by atoms with van der Waals surface area (Å²) in [5, 5.41) is 10.2. The fourth-order valence-corrected chi connectivity index (χ4v) is 3.22. The Bertz CT molecular complexity index is 591. The molecule has 0 aliphatic heterocycles. The summed E-state index contributed by atoms with van der Waals surface area (Å²) >= 11 is 0. The van der Waals surface area contributed by atoms with Gasteiger partial charge in [0.05, 0.1) is 30.5 Å². The number of aliphatic hydroxyl groups is 1. The summed E-state index contributed by atoms with van der Waals surface area (Å²) in [6.45, 7) is 7.17. The SMILES string of the molecule is CC[C@@H](CC(=O)OC)c1ccc(N(CC2CC2)CC(C)(C)O)c(N)c1. The molecule has 5 nitrogen and oxygen atoms in total. The van der Waals surface area contributed by atoms with E-state index in [0.717, 1.165) is 24.2 Å². The summed E-state index contributed by atoms with van der Waals surface area (Å²) < 4.78 is 4.80. The topological polar surface area (TPSA) is 75.8 Å². The van der Waals surface area contributed by atoms with E-state index in [4.69, 9.17) is 10.5 Å². The predicted molar refractivity (Wildman–Crippen MR) is 102 cm³/mol. The average Bonchev–Trinajstić information content (AvgIpc) is 3.34. The van der Waals surface area contributed by atoms with Crippen LogP contribution < -0.4 is 10.6 Å². The van der Waals surface area contributed by atoms with Gasteiger partial charge in [0.25, 0.3) is 0 Å². The fraction of sp³-hybridized carbons (Fsp3) is 0.650. The highest BCUT2D eigenvalue weighted by Gasteiger charge is 2.28. The van der Waals surface area contributed by atoms with Gasteiger partial charge < -0.3 is 20.5 Å². The number of hydrogen-bond acceptors (Lipinski definition) is 5. The second-order valence-corrected chi connectivity index (χ2v) is 7.84. The monoisotopic (exact) mass is 348 g/mol. The molecule has 1 fully saturated rings. The first-order valence-corrected chi connectivity index (χ1v) is 9.17. The predicted octanol–water partition coefficient (Wildman–Crippen LogP) is 3.31.